The lowest BCUT2D eigenvalue weighted by Crippen LogP contribution is -2.25. The maximum Gasteiger partial charge on any atom is 0.310 e. The van der Waals surface area contributed by atoms with Gasteiger partial charge in [-0.1, -0.05) is 0 Å². The Morgan fingerprint density at radius 3 is 1.33 bits per heavy atom. The molecule has 1 rings (SSSR count). The first-order valence-electron chi connectivity index (χ1n) is 7.74. The molecule has 0 radical (unpaired) electrons. The molecule has 2 N–H and O–H groups in total. The van der Waals surface area contributed by atoms with Crippen LogP contribution in [0.25, 0.3) is 0 Å². The lowest BCUT2D eigenvalue weighted by atomic mass is 10.0. The Labute approximate surface area is 142 Å². The molecule has 0 aliphatic rings. The summed E-state index contributed by atoms with van der Waals surface area (Å²) < 4.78 is 10.4. The van der Waals surface area contributed by atoms with Crippen molar-refractivity contribution in [2.75, 3.05) is 0 Å². The van der Waals surface area contributed by atoms with Crippen molar-refractivity contribution in [3.05, 3.63) is 23.3 Å². The van der Waals surface area contributed by atoms with Crippen LogP contribution in [0.2, 0.25) is 0 Å². The van der Waals surface area contributed by atoms with Gasteiger partial charge in [0.15, 0.2) is 0 Å². The minimum atomic E-state index is -0.634. The van der Waals surface area contributed by atoms with E-state index in [2.05, 4.69) is 0 Å². The molecule has 0 saturated heterocycles. The third-order valence-corrected chi connectivity index (χ3v) is 2.79. The summed E-state index contributed by atoms with van der Waals surface area (Å²) in [5.41, 5.74) is -0.805. The van der Waals surface area contributed by atoms with Crippen molar-refractivity contribution in [2.24, 2.45) is 0 Å². The number of carbonyl (C=O) groups is 2. The molecule has 1 aromatic carbocycles. The van der Waals surface area contributed by atoms with Crippen LogP contribution >= 0.6 is 0 Å². The fourth-order valence-electron chi connectivity index (χ4n) is 2.01. The van der Waals surface area contributed by atoms with Gasteiger partial charge in [-0.2, -0.15) is 0 Å². The van der Waals surface area contributed by atoms with Crippen molar-refractivity contribution in [1.82, 2.24) is 0 Å². The number of phenols is 2. The van der Waals surface area contributed by atoms with E-state index in [4.69, 9.17) is 9.47 Å². The van der Waals surface area contributed by atoms with Crippen LogP contribution in [0.5, 0.6) is 11.5 Å². The molecular formula is C18H26O6. The quantitative estimate of drug-likeness (QED) is 0.648. The number of benzene rings is 1. The zero-order chi connectivity index (χ0) is 18.7. The maximum atomic E-state index is 11.8. The number of rotatable bonds is 4. The van der Waals surface area contributed by atoms with Gasteiger partial charge in [-0.25, -0.2) is 0 Å². The minimum Gasteiger partial charge on any atom is -0.508 e. The van der Waals surface area contributed by atoms with Crippen molar-refractivity contribution in [1.29, 1.82) is 0 Å². The summed E-state index contributed by atoms with van der Waals surface area (Å²) in [7, 11) is 0. The second-order valence-corrected chi connectivity index (χ2v) is 7.64. The lowest BCUT2D eigenvalue weighted by molar-refractivity contribution is -0.155. The van der Waals surface area contributed by atoms with E-state index >= 15 is 0 Å². The first-order chi connectivity index (χ1) is 10.8. The molecule has 0 aliphatic carbocycles. The standard InChI is InChI=1S/C18H26O6/c1-17(2,3)23-15(21)9-11-7-14(20)12(8-13(11)19)10-16(22)24-18(4,5)6/h7-8,19-20H,9-10H2,1-6H3. The Balaban J connectivity index is 2.86. The van der Waals surface area contributed by atoms with Crippen molar-refractivity contribution in [3.63, 3.8) is 0 Å². The molecule has 1 aromatic rings. The molecule has 0 bridgehead atoms. The van der Waals surface area contributed by atoms with Crippen LogP contribution in [-0.2, 0) is 31.9 Å². The van der Waals surface area contributed by atoms with E-state index in [1.54, 1.807) is 41.5 Å². The number of hydrogen-bond donors (Lipinski definition) is 2. The Hall–Kier alpha value is -2.24. The van der Waals surface area contributed by atoms with Gasteiger partial charge in [-0.15, -0.1) is 0 Å². The second-order valence-electron chi connectivity index (χ2n) is 7.64. The first kappa shape index (κ1) is 19.8. The molecule has 0 spiro atoms. The summed E-state index contributed by atoms with van der Waals surface area (Å²) in [5.74, 6) is -1.40. The summed E-state index contributed by atoms with van der Waals surface area (Å²) in [6.07, 6.45) is -0.354. The molecule has 0 aliphatic heterocycles. The molecule has 0 atom stereocenters. The molecule has 6 heteroatoms. The predicted molar refractivity (Wildman–Crippen MR) is 88.9 cm³/mol. The molecule has 0 heterocycles. The Morgan fingerprint density at radius 1 is 0.792 bits per heavy atom. The van der Waals surface area contributed by atoms with Crippen LogP contribution in [0.15, 0.2) is 12.1 Å². The van der Waals surface area contributed by atoms with E-state index in [9.17, 15) is 19.8 Å². The molecule has 134 valence electrons. The summed E-state index contributed by atoms with van der Waals surface area (Å²) in [6, 6.07) is 2.53. The van der Waals surface area contributed by atoms with Gasteiger partial charge in [0.1, 0.15) is 22.7 Å². The molecule has 6 nitrogen and oxygen atoms in total. The number of hydrogen-bond acceptors (Lipinski definition) is 6. The van der Waals surface area contributed by atoms with Crippen molar-refractivity contribution >= 4 is 11.9 Å². The number of phenolic OH excluding ortho intramolecular Hbond substituents is 2. The Kier molecular flexibility index (Phi) is 5.87. The van der Waals surface area contributed by atoms with Crippen LogP contribution in [-0.4, -0.2) is 33.4 Å². The highest BCUT2D eigenvalue weighted by molar-refractivity contribution is 5.76. The van der Waals surface area contributed by atoms with Gasteiger partial charge in [0.05, 0.1) is 12.8 Å². The van der Waals surface area contributed by atoms with E-state index in [1.807, 2.05) is 0 Å². The topological polar surface area (TPSA) is 93.1 Å². The molecule has 0 aromatic heterocycles. The second kappa shape index (κ2) is 7.11. The lowest BCUT2D eigenvalue weighted by Gasteiger charge is -2.20. The van der Waals surface area contributed by atoms with Crippen molar-refractivity contribution in [2.45, 2.75) is 65.6 Å². The summed E-state index contributed by atoms with van der Waals surface area (Å²) >= 11 is 0. The van der Waals surface area contributed by atoms with Crippen molar-refractivity contribution < 1.29 is 29.3 Å². The van der Waals surface area contributed by atoms with Gasteiger partial charge in [-0.3, -0.25) is 9.59 Å². The summed E-state index contributed by atoms with van der Waals surface area (Å²) in [6.45, 7) is 10.5. The predicted octanol–water partition coefficient (Wildman–Crippen LogP) is 2.87. The molecular weight excluding hydrogens is 312 g/mol. The van der Waals surface area contributed by atoms with Gasteiger partial charge >= 0.3 is 11.9 Å². The van der Waals surface area contributed by atoms with Crippen LogP contribution < -0.4 is 0 Å². The molecule has 24 heavy (non-hydrogen) atoms. The number of aromatic hydroxyl groups is 2. The first-order valence-corrected chi connectivity index (χ1v) is 7.74. The van der Waals surface area contributed by atoms with Crippen molar-refractivity contribution in [3.8, 4) is 11.5 Å². The van der Waals surface area contributed by atoms with Gasteiger partial charge in [0.2, 0.25) is 0 Å². The zero-order valence-corrected chi connectivity index (χ0v) is 15.1. The third kappa shape index (κ3) is 6.89. The molecule has 0 fully saturated rings. The van der Waals surface area contributed by atoms with E-state index in [1.165, 1.54) is 12.1 Å². The van der Waals surface area contributed by atoms with Gasteiger partial charge in [-0.05, 0) is 53.7 Å². The summed E-state index contributed by atoms with van der Waals surface area (Å²) in [4.78, 5) is 23.6. The Morgan fingerprint density at radius 2 is 1.08 bits per heavy atom. The Bertz CT molecular complexity index is 564. The van der Waals surface area contributed by atoms with Gasteiger partial charge in [0, 0.05) is 11.1 Å². The number of ether oxygens (including phenoxy) is 2. The highest BCUT2D eigenvalue weighted by Gasteiger charge is 2.21. The van der Waals surface area contributed by atoms with Gasteiger partial charge < -0.3 is 19.7 Å². The number of esters is 2. The van der Waals surface area contributed by atoms with Crippen LogP contribution in [0, 0.1) is 0 Å². The SMILES string of the molecule is CC(C)(C)OC(=O)Cc1cc(O)c(CC(=O)OC(C)(C)C)cc1O. The highest BCUT2D eigenvalue weighted by Crippen LogP contribution is 2.29. The molecule has 0 unspecified atom stereocenters. The zero-order valence-electron chi connectivity index (χ0n) is 15.1. The van der Waals surface area contributed by atoms with E-state index in [0.717, 1.165) is 0 Å². The highest BCUT2D eigenvalue weighted by atomic mass is 16.6. The van der Waals surface area contributed by atoms with Crippen LogP contribution in [0.4, 0.5) is 0 Å². The smallest absolute Gasteiger partial charge is 0.310 e. The normalized spacial score (nSPS) is 11.9. The van der Waals surface area contributed by atoms with Crippen LogP contribution in [0.3, 0.4) is 0 Å². The number of carbonyl (C=O) groups excluding carboxylic acids is 2. The average Bonchev–Trinajstić information content (AvgIpc) is 2.30. The molecule has 0 amide bonds. The molecule has 0 saturated carbocycles. The van der Waals surface area contributed by atoms with Gasteiger partial charge in [0.25, 0.3) is 0 Å². The van der Waals surface area contributed by atoms with Crippen LogP contribution in [0.1, 0.15) is 52.7 Å². The maximum absolute atomic E-state index is 11.8. The largest absolute Gasteiger partial charge is 0.508 e. The van der Waals surface area contributed by atoms with E-state index in [-0.39, 0.29) is 35.5 Å². The van der Waals surface area contributed by atoms with E-state index < -0.39 is 23.1 Å². The minimum absolute atomic E-state index is 0.177. The monoisotopic (exact) mass is 338 g/mol. The average molecular weight is 338 g/mol. The summed E-state index contributed by atoms with van der Waals surface area (Å²) in [5, 5.41) is 20.1. The fourth-order valence-corrected chi connectivity index (χ4v) is 2.01. The fraction of sp³-hybridized carbons (Fsp3) is 0.556. The third-order valence-electron chi connectivity index (χ3n) is 2.79. The van der Waals surface area contributed by atoms with E-state index in [0.29, 0.717) is 0 Å².